The van der Waals surface area contributed by atoms with Gasteiger partial charge in [0, 0.05) is 11.1 Å². The number of hydrogen-bond acceptors (Lipinski definition) is 1. The van der Waals surface area contributed by atoms with Gasteiger partial charge in [0.05, 0.1) is 0 Å². The molecule has 0 aliphatic rings. The first kappa shape index (κ1) is 6.50. The summed E-state index contributed by atoms with van der Waals surface area (Å²) in [6, 6.07) is 0. The maximum absolute atomic E-state index is 9.78. The molecule has 0 amide bonds. The van der Waals surface area contributed by atoms with Gasteiger partial charge in [-0.05, 0) is 6.92 Å². The number of rotatable bonds is 1. The molecular formula is C4H5ClO2. The Morgan fingerprint density at radius 3 is 2.29 bits per heavy atom. The van der Waals surface area contributed by atoms with E-state index in [1.165, 1.54) is 6.92 Å². The summed E-state index contributed by atoms with van der Waals surface area (Å²) in [5.74, 6) is -0.977. The lowest BCUT2D eigenvalue weighted by Crippen LogP contribution is -1.93. The minimum atomic E-state index is -0.977. The van der Waals surface area contributed by atoms with E-state index in [0.29, 0.717) is 0 Å². The smallest absolute Gasteiger partial charge is 0.332 e. The van der Waals surface area contributed by atoms with Gasteiger partial charge in [0.1, 0.15) is 0 Å². The topological polar surface area (TPSA) is 37.3 Å². The van der Waals surface area contributed by atoms with Crippen LogP contribution in [0.4, 0.5) is 0 Å². The largest absolute Gasteiger partial charge is 0.478 e. The summed E-state index contributed by atoms with van der Waals surface area (Å²) >= 11 is 5.00. The second kappa shape index (κ2) is 2.64. The fraction of sp³-hybridized carbons (Fsp3) is 0.250. The lowest BCUT2D eigenvalue weighted by atomic mass is 10.4. The number of aliphatic carboxylic acids is 1. The molecule has 0 unspecified atom stereocenters. The Kier molecular flexibility index (Phi) is 2.45. The molecule has 0 heterocycles. The van der Waals surface area contributed by atoms with Gasteiger partial charge in [0.25, 0.3) is 0 Å². The number of carboxylic acid groups (broad SMARTS) is 1. The van der Waals surface area contributed by atoms with E-state index in [-0.39, 0.29) is 5.57 Å². The zero-order valence-corrected chi connectivity index (χ0v) is 4.57. The Labute approximate surface area is 46.4 Å². The maximum atomic E-state index is 9.78. The quantitative estimate of drug-likeness (QED) is 0.528. The van der Waals surface area contributed by atoms with Crippen LogP contribution in [0.15, 0.2) is 11.1 Å². The van der Waals surface area contributed by atoms with Crippen LogP contribution in [0.1, 0.15) is 6.92 Å². The van der Waals surface area contributed by atoms with Crippen LogP contribution in [-0.4, -0.2) is 11.1 Å². The van der Waals surface area contributed by atoms with Crippen LogP contribution in [-0.2, 0) is 4.79 Å². The summed E-state index contributed by atoms with van der Waals surface area (Å²) in [4.78, 5) is 9.78. The minimum absolute atomic E-state index is 0.154. The summed E-state index contributed by atoms with van der Waals surface area (Å²) in [7, 11) is 0. The SMILES string of the molecule is C/C(=C/Cl)C(=O)O. The van der Waals surface area contributed by atoms with E-state index in [0.717, 1.165) is 5.54 Å². The monoisotopic (exact) mass is 120 g/mol. The highest BCUT2D eigenvalue weighted by molar-refractivity contribution is 6.27. The molecule has 0 aromatic heterocycles. The molecule has 7 heavy (non-hydrogen) atoms. The van der Waals surface area contributed by atoms with Gasteiger partial charge in [-0.25, -0.2) is 4.79 Å². The third kappa shape index (κ3) is 2.23. The number of carbonyl (C=O) groups is 1. The van der Waals surface area contributed by atoms with Crippen molar-refractivity contribution in [2.45, 2.75) is 6.92 Å². The highest BCUT2D eigenvalue weighted by atomic mass is 35.5. The van der Waals surface area contributed by atoms with Crippen LogP contribution in [0.2, 0.25) is 0 Å². The van der Waals surface area contributed by atoms with E-state index in [1.807, 2.05) is 0 Å². The Balaban J connectivity index is 3.82. The van der Waals surface area contributed by atoms with Crippen molar-refractivity contribution in [3.8, 4) is 0 Å². The van der Waals surface area contributed by atoms with Crippen molar-refractivity contribution in [3.63, 3.8) is 0 Å². The fourth-order valence-electron chi connectivity index (χ4n) is 0.0467. The number of hydrogen-bond donors (Lipinski definition) is 1. The van der Waals surface area contributed by atoms with Crippen molar-refractivity contribution in [1.29, 1.82) is 0 Å². The van der Waals surface area contributed by atoms with Crippen LogP contribution >= 0.6 is 11.6 Å². The molecule has 0 radical (unpaired) electrons. The summed E-state index contributed by atoms with van der Waals surface area (Å²) in [5, 5.41) is 8.03. The van der Waals surface area contributed by atoms with Gasteiger partial charge in [-0.3, -0.25) is 0 Å². The van der Waals surface area contributed by atoms with Gasteiger partial charge in [-0.1, -0.05) is 11.6 Å². The molecule has 40 valence electrons. The van der Waals surface area contributed by atoms with Crippen LogP contribution in [0.3, 0.4) is 0 Å². The Morgan fingerprint density at radius 1 is 1.86 bits per heavy atom. The number of carboxylic acids is 1. The molecule has 0 aromatic carbocycles. The minimum Gasteiger partial charge on any atom is -0.478 e. The first-order valence-corrected chi connectivity index (χ1v) is 2.12. The van der Waals surface area contributed by atoms with Crippen LogP contribution in [0.25, 0.3) is 0 Å². The highest BCUT2D eigenvalue weighted by Crippen LogP contribution is 1.92. The highest BCUT2D eigenvalue weighted by Gasteiger charge is 1.94. The van der Waals surface area contributed by atoms with Gasteiger partial charge in [0.15, 0.2) is 0 Å². The predicted octanol–water partition coefficient (Wildman–Crippen LogP) is 1.21. The predicted molar refractivity (Wildman–Crippen MR) is 27.2 cm³/mol. The van der Waals surface area contributed by atoms with E-state index in [1.54, 1.807) is 0 Å². The van der Waals surface area contributed by atoms with Crippen molar-refractivity contribution in [3.05, 3.63) is 11.1 Å². The molecule has 0 spiro atoms. The molecule has 3 heteroatoms. The Morgan fingerprint density at radius 2 is 2.29 bits per heavy atom. The summed E-state index contributed by atoms with van der Waals surface area (Å²) < 4.78 is 0. The molecule has 0 rings (SSSR count). The average molecular weight is 121 g/mol. The molecule has 0 bridgehead atoms. The second-order valence-corrected chi connectivity index (χ2v) is 1.32. The lowest BCUT2D eigenvalue weighted by Gasteiger charge is -1.82. The van der Waals surface area contributed by atoms with Crippen molar-refractivity contribution in [1.82, 2.24) is 0 Å². The standard InChI is InChI=1S/C4H5ClO2/c1-3(2-5)4(6)7/h2H,1H3,(H,6,7)/b3-2-. The molecular weight excluding hydrogens is 115 g/mol. The first-order chi connectivity index (χ1) is 3.18. The van der Waals surface area contributed by atoms with E-state index < -0.39 is 5.97 Å². The first-order valence-electron chi connectivity index (χ1n) is 1.68. The van der Waals surface area contributed by atoms with Gasteiger partial charge in [-0.15, -0.1) is 0 Å². The van der Waals surface area contributed by atoms with E-state index in [4.69, 9.17) is 16.7 Å². The Hall–Kier alpha value is -0.500. The van der Waals surface area contributed by atoms with E-state index >= 15 is 0 Å². The van der Waals surface area contributed by atoms with Crippen molar-refractivity contribution in [2.75, 3.05) is 0 Å². The van der Waals surface area contributed by atoms with Crippen molar-refractivity contribution >= 4 is 17.6 Å². The van der Waals surface area contributed by atoms with Crippen LogP contribution in [0.5, 0.6) is 0 Å². The van der Waals surface area contributed by atoms with Gasteiger partial charge in [0.2, 0.25) is 0 Å². The van der Waals surface area contributed by atoms with E-state index in [2.05, 4.69) is 0 Å². The van der Waals surface area contributed by atoms with Gasteiger partial charge in [-0.2, -0.15) is 0 Å². The molecule has 0 saturated heterocycles. The van der Waals surface area contributed by atoms with Gasteiger partial charge < -0.3 is 5.11 Å². The molecule has 0 aliphatic carbocycles. The molecule has 2 nitrogen and oxygen atoms in total. The van der Waals surface area contributed by atoms with Crippen LogP contribution in [0, 0.1) is 0 Å². The second-order valence-electron chi connectivity index (χ2n) is 1.10. The average Bonchev–Trinajstić information content (AvgIpc) is 1.65. The molecule has 0 saturated carbocycles. The number of halogens is 1. The summed E-state index contributed by atoms with van der Waals surface area (Å²) in [6.45, 7) is 1.43. The zero-order chi connectivity index (χ0) is 5.86. The molecule has 0 atom stereocenters. The third-order valence-corrected chi connectivity index (χ3v) is 0.828. The molecule has 0 aliphatic heterocycles. The maximum Gasteiger partial charge on any atom is 0.332 e. The Bertz CT molecular complexity index is 106. The molecule has 0 aromatic rings. The molecule has 1 N–H and O–H groups in total. The van der Waals surface area contributed by atoms with E-state index in [9.17, 15) is 4.79 Å². The summed E-state index contributed by atoms with van der Waals surface area (Å²) in [6.07, 6.45) is 0. The zero-order valence-electron chi connectivity index (χ0n) is 3.81. The fourth-order valence-corrected chi connectivity index (χ4v) is 0.140. The summed E-state index contributed by atoms with van der Waals surface area (Å²) in [5.41, 5.74) is 1.18. The van der Waals surface area contributed by atoms with Crippen molar-refractivity contribution in [2.24, 2.45) is 0 Å². The third-order valence-electron chi connectivity index (χ3n) is 0.501. The van der Waals surface area contributed by atoms with Crippen LogP contribution < -0.4 is 0 Å². The van der Waals surface area contributed by atoms with Gasteiger partial charge >= 0.3 is 5.97 Å². The molecule has 0 fully saturated rings. The lowest BCUT2D eigenvalue weighted by molar-refractivity contribution is -0.132. The van der Waals surface area contributed by atoms with Crippen molar-refractivity contribution < 1.29 is 9.90 Å². The normalized spacial score (nSPS) is 11.4.